The van der Waals surface area contributed by atoms with Crippen molar-refractivity contribution in [2.24, 2.45) is 0 Å². The van der Waals surface area contributed by atoms with Crippen LogP contribution in [0.3, 0.4) is 0 Å². The second-order valence-electron chi connectivity index (χ2n) is 9.52. The van der Waals surface area contributed by atoms with Crippen molar-refractivity contribution in [3.05, 3.63) is 64.7 Å². The molecule has 3 heteroatoms. The molecule has 158 valence electrons. The molecule has 1 spiro atoms. The normalized spacial score (nSPS) is 24.4. The summed E-state index contributed by atoms with van der Waals surface area (Å²) in [5.41, 5.74) is 6.01. The minimum atomic E-state index is -0.280. The lowest BCUT2D eigenvalue weighted by atomic mass is 9.71. The summed E-state index contributed by atoms with van der Waals surface area (Å²) in [5.74, 6) is 0.397. The highest BCUT2D eigenvalue weighted by Crippen LogP contribution is 2.41. The van der Waals surface area contributed by atoms with E-state index in [1.165, 1.54) is 48.1 Å². The van der Waals surface area contributed by atoms with Gasteiger partial charge in [0.15, 0.2) is 5.78 Å². The number of anilines is 1. The van der Waals surface area contributed by atoms with Crippen LogP contribution in [0.2, 0.25) is 0 Å². The highest BCUT2D eigenvalue weighted by atomic mass is 16.1. The van der Waals surface area contributed by atoms with Gasteiger partial charge in [-0.05, 0) is 93.7 Å². The topological polar surface area (TPSA) is 23.6 Å². The lowest BCUT2D eigenvalue weighted by Gasteiger charge is -2.48. The number of aryl methyl sites for hydroxylation is 2. The van der Waals surface area contributed by atoms with Gasteiger partial charge in [-0.3, -0.25) is 9.69 Å². The van der Waals surface area contributed by atoms with Crippen LogP contribution in [0.25, 0.3) is 0 Å². The van der Waals surface area contributed by atoms with Crippen LogP contribution in [0, 0.1) is 6.92 Å². The van der Waals surface area contributed by atoms with E-state index in [9.17, 15) is 4.79 Å². The van der Waals surface area contributed by atoms with E-state index in [1.807, 2.05) is 0 Å². The van der Waals surface area contributed by atoms with Crippen LogP contribution < -0.4 is 4.90 Å². The number of benzene rings is 2. The van der Waals surface area contributed by atoms with Crippen molar-refractivity contribution in [1.29, 1.82) is 0 Å². The molecule has 0 saturated carbocycles. The first-order chi connectivity index (χ1) is 14.7. The number of ketones is 1. The van der Waals surface area contributed by atoms with E-state index in [-0.39, 0.29) is 5.54 Å². The molecule has 2 aromatic rings. The molecule has 2 aromatic carbocycles. The lowest BCUT2D eigenvalue weighted by molar-refractivity contribution is 0.0298. The van der Waals surface area contributed by atoms with Crippen LogP contribution in [-0.4, -0.2) is 42.4 Å². The summed E-state index contributed by atoms with van der Waals surface area (Å²) in [5, 5.41) is 0. The van der Waals surface area contributed by atoms with Gasteiger partial charge in [0.05, 0.1) is 5.54 Å². The van der Waals surface area contributed by atoms with Gasteiger partial charge < -0.3 is 4.90 Å². The molecule has 0 amide bonds. The van der Waals surface area contributed by atoms with E-state index in [1.54, 1.807) is 0 Å². The minimum absolute atomic E-state index is 0.280. The zero-order valence-corrected chi connectivity index (χ0v) is 18.3. The fraction of sp³-hybridized carbons (Fsp3) is 0.519. The lowest BCUT2D eigenvalue weighted by Crippen LogP contribution is -2.59. The molecule has 2 saturated heterocycles. The number of fused-ring (bicyclic) bond motifs is 1. The van der Waals surface area contributed by atoms with Crippen molar-refractivity contribution in [1.82, 2.24) is 4.90 Å². The monoisotopic (exact) mass is 402 g/mol. The largest absolute Gasteiger partial charge is 0.372 e. The summed E-state index contributed by atoms with van der Waals surface area (Å²) < 4.78 is 0. The van der Waals surface area contributed by atoms with Gasteiger partial charge in [-0.1, -0.05) is 30.3 Å². The molecule has 2 aliphatic heterocycles. The Labute approximate surface area is 181 Å². The first-order valence-electron chi connectivity index (χ1n) is 11.9. The Bertz CT molecular complexity index is 930. The molecule has 1 atom stereocenters. The number of carbonyl (C=O) groups is 1. The number of nitrogens with zero attached hydrogens (tertiary/aromatic N) is 2. The number of likely N-dealkylation sites (tertiary alicyclic amines) is 1. The molecule has 0 radical (unpaired) electrons. The Morgan fingerprint density at radius 1 is 0.933 bits per heavy atom. The minimum Gasteiger partial charge on any atom is -0.372 e. The smallest absolute Gasteiger partial charge is 0.183 e. The molecular weight excluding hydrogens is 368 g/mol. The number of hydrogen-bond donors (Lipinski definition) is 0. The van der Waals surface area contributed by atoms with E-state index >= 15 is 0 Å². The van der Waals surface area contributed by atoms with Crippen LogP contribution in [0.15, 0.2) is 42.5 Å². The van der Waals surface area contributed by atoms with Crippen molar-refractivity contribution >= 4 is 11.5 Å². The molecule has 1 unspecified atom stereocenters. The Balaban J connectivity index is 1.41. The highest BCUT2D eigenvalue weighted by molar-refractivity contribution is 6.06. The van der Waals surface area contributed by atoms with Gasteiger partial charge in [0.1, 0.15) is 0 Å². The third kappa shape index (κ3) is 3.47. The van der Waals surface area contributed by atoms with E-state index < -0.39 is 0 Å². The molecule has 0 N–H and O–H groups in total. The number of hydrogen-bond acceptors (Lipinski definition) is 3. The fourth-order valence-electron chi connectivity index (χ4n) is 5.98. The third-order valence-corrected chi connectivity index (χ3v) is 7.83. The zero-order valence-electron chi connectivity index (χ0n) is 18.3. The summed E-state index contributed by atoms with van der Waals surface area (Å²) in [6.45, 7) is 6.49. The van der Waals surface area contributed by atoms with Gasteiger partial charge in [0.25, 0.3) is 0 Å². The third-order valence-electron chi connectivity index (χ3n) is 7.83. The van der Waals surface area contributed by atoms with Gasteiger partial charge in [0.2, 0.25) is 0 Å². The van der Waals surface area contributed by atoms with Crippen molar-refractivity contribution in [2.45, 2.75) is 63.8 Å². The van der Waals surface area contributed by atoms with Crippen LogP contribution >= 0.6 is 0 Å². The van der Waals surface area contributed by atoms with Crippen molar-refractivity contribution in [3.63, 3.8) is 0 Å². The number of carbonyl (C=O) groups excluding carboxylic acids is 1. The van der Waals surface area contributed by atoms with Crippen LogP contribution in [-0.2, 0) is 12.8 Å². The van der Waals surface area contributed by atoms with Gasteiger partial charge in [-0.2, -0.15) is 0 Å². The maximum atomic E-state index is 14.0. The summed E-state index contributed by atoms with van der Waals surface area (Å²) in [6.07, 6.45) is 8.98. The first-order valence-corrected chi connectivity index (χ1v) is 11.9. The molecule has 3 nitrogen and oxygen atoms in total. The van der Waals surface area contributed by atoms with Gasteiger partial charge in [-0.25, -0.2) is 0 Å². The summed E-state index contributed by atoms with van der Waals surface area (Å²) in [6, 6.07) is 15.4. The second-order valence-corrected chi connectivity index (χ2v) is 9.52. The summed E-state index contributed by atoms with van der Waals surface area (Å²) in [4.78, 5) is 19.0. The Morgan fingerprint density at radius 2 is 1.73 bits per heavy atom. The van der Waals surface area contributed by atoms with Crippen molar-refractivity contribution in [3.8, 4) is 0 Å². The van der Waals surface area contributed by atoms with E-state index in [0.29, 0.717) is 5.78 Å². The quantitative estimate of drug-likeness (QED) is 0.703. The predicted octanol–water partition coefficient (Wildman–Crippen LogP) is 5.19. The molecule has 0 bridgehead atoms. The molecular formula is C27H34N2O. The molecule has 5 rings (SSSR count). The van der Waals surface area contributed by atoms with Crippen LogP contribution in [0.1, 0.15) is 65.6 Å². The van der Waals surface area contributed by atoms with Gasteiger partial charge >= 0.3 is 0 Å². The predicted molar refractivity (Wildman–Crippen MR) is 124 cm³/mol. The Kier molecular flexibility index (Phi) is 5.41. The van der Waals surface area contributed by atoms with Crippen LogP contribution in [0.5, 0.6) is 0 Å². The van der Waals surface area contributed by atoms with E-state index in [2.05, 4.69) is 59.2 Å². The maximum Gasteiger partial charge on any atom is 0.183 e. The number of Topliss-reactive ketones (excluding diaryl/α,β-unsaturated/α-hetero) is 1. The Hall–Kier alpha value is -2.13. The molecule has 1 aliphatic carbocycles. The summed E-state index contributed by atoms with van der Waals surface area (Å²) in [7, 11) is 0. The first kappa shape index (κ1) is 19.8. The second kappa shape index (κ2) is 8.19. The molecule has 2 fully saturated rings. The summed E-state index contributed by atoms with van der Waals surface area (Å²) >= 11 is 0. The van der Waals surface area contributed by atoms with Crippen molar-refractivity contribution < 1.29 is 4.79 Å². The van der Waals surface area contributed by atoms with E-state index in [0.717, 1.165) is 57.4 Å². The molecule has 0 aromatic heterocycles. The number of piperidine rings is 1. The average Bonchev–Trinajstić information content (AvgIpc) is 3.32. The van der Waals surface area contributed by atoms with Gasteiger partial charge in [0, 0.05) is 30.9 Å². The standard InChI is InChI=1S/C27H34N2O/c1-21-8-2-3-9-22(21)13-19-29-18-5-4-14-27(29)15-12-23-10-11-24(20-25(23)26(27)30)28-16-6-7-17-28/h2-3,8-11,20H,4-7,12-19H2,1H3. The molecule has 3 aliphatic rings. The fourth-order valence-corrected chi connectivity index (χ4v) is 5.98. The Morgan fingerprint density at radius 3 is 2.57 bits per heavy atom. The molecule has 30 heavy (non-hydrogen) atoms. The zero-order chi connectivity index (χ0) is 20.6. The van der Waals surface area contributed by atoms with Crippen molar-refractivity contribution in [2.75, 3.05) is 31.1 Å². The van der Waals surface area contributed by atoms with E-state index in [4.69, 9.17) is 0 Å². The SMILES string of the molecule is Cc1ccccc1CCN1CCCCC12CCc1ccc(N3CCCC3)cc1C2=O. The van der Waals surface area contributed by atoms with Crippen LogP contribution in [0.4, 0.5) is 5.69 Å². The highest BCUT2D eigenvalue weighted by Gasteiger charge is 2.47. The maximum absolute atomic E-state index is 14.0. The van der Waals surface area contributed by atoms with Gasteiger partial charge in [-0.15, -0.1) is 0 Å². The average molecular weight is 403 g/mol. The molecule has 2 heterocycles. The number of rotatable bonds is 4.